The van der Waals surface area contributed by atoms with Gasteiger partial charge in [-0.3, -0.25) is 9.59 Å². The van der Waals surface area contributed by atoms with Gasteiger partial charge >= 0.3 is 5.97 Å². The monoisotopic (exact) mass is 402 g/mol. The number of ether oxygens (including phenoxy) is 1. The average Bonchev–Trinajstić information content (AvgIpc) is 3.21. The zero-order chi connectivity index (χ0) is 20.4. The van der Waals surface area contributed by atoms with Crippen molar-refractivity contribution in [3.8, 4) is 0 Å². The minimum Gasteiger partial charge on any atom is -0.461 e. The molecule has 1 aliphatic carbocycles. The summed E-state index contributed by atoms with van der Waals surface area (Å²) in [4.78, 5) is 43.8. The van der Waals surface area contributed by atoms with E-state index in [1.165, 1.54) is 11.3 Å². The van der Waals surface area contributed by atoms with Crippen molar-refractivity contribution in [2.45, 2.75) is 46.6 Å². The zero-order valence-corrected chi connectivity index (χ0v) is 17.5. The first-order valence-corrected chi connectivity index (χ1v) is 10.5. The van der Waals surface area contributed by atoms with Gasteiger partial charge in [-0.05, 0) is 63.5 Å². The number of hydrogen-bond donors (Lipinski definition) is 1. The number of thiophene rings is 1. The summed E-state index contributed by atoms with van der Waals surface area (Å²) in [5.41, 5.74) is 1.96. The zero-order valence-electron chi connectivity index (χ0n) is 16.7. The van der Waals surface area contributed by atoms with Gasteiger partial charge in [-0.15, -0.1) is 11.3 Å². The lowest BCUT2D eigenvalue weighted by Gasteiger charge is -2.28. The third kappa shape index (κ3) is 4.04. The van der Waals surface area contributed by atoms with Gasteiger partial charge in [0.1, 0.15) is 5.69 Å². The van der Waals surface area contributed by atoms with E-state index in [2.05, 4.69) is 4.98 Å². The maximum absolute atomic E-state index is 13.3. The van der Waals surface area contributed by atoms with Gasteiger partial charge in [0.15, 0.2) is 5.78 Å². The molecule has 0 spiro atoms. The standard InChI is InChI=1S/C21H26N2O4S/c1-5-27-21(26)18-12(2)17(13(3)22-18)19(24)14(4)23(11-15-8-9-15)20(25)16-7-6-10-28-16/h6-7,10,14-15,22H,5,8-9,11H2,1-4H3/t14-/m1/s1. The van der Waals surface area contributed by atoms with Crippen LogP contribution < -0.4 is 0 Å². The second kappa shape index (κ2) is 8.31. The Labute approximate surface area is 168 Å². The molecule has 0 saturated heterocycles. The lowest BCUT2D eigenvalue weighted by Crippen LogP contribution is -2.44. The molecule has 1 fully saturated rings. The first-order chi connectivity index (χ1) is 13.3. The number of Topliss-reactive ketones (excluding diaryl/α,β-unsaturated/α-hetero) is 1. The fraction of sp³-hybridized carbons (Fsp3) is 0.476. The lowest BCUT2D eigenvalue weighted by atomic mass is 9.99. The number of nitrogens with zero attached hydrogens (tertiary/aromatic N) is 1. The second-order valence-electron chi connectivity index (χ2n) is 7.26. The average molecular weight is 403 g/mol. The molecular weight excluding hydrogens is 376 g/mol. The number of amides is 1. The van der Waals surface area contributed by atoms with E-state index >= 15 is 0 Å². The van der Waals surface area contributed by atoms with E-state index in [4.69, 9.17) is 4.74 Å². The Kier molecular flexibility index (Phi) is 6.03. The molecule has 150 valence electrons. The molecule has 0 aromatic carbocycles. The molecule has 1 atom stereocenters. The second-order valence-corrected chi connectivity index (χ2v) is 8.21. The highest BCUT2D eigenvalue weighted by atomic mass is 32.1. The summed E-state index contributed by atoms with van der Waals surface area (Å²) >= 11 is 1.38. The van der Waals surface area contributed by atoms with E-state index < -0.39 is 12.0 Å². The van der Waals surface area contributed by atoms with Crippen LogP contribution in [0.2, 0.25) is 0 Å². The van der Waals surface area contributed by atoms with Crippen molar-refractivity contribution in [2.24, 2.45) is 5.92 Å². The molecule has 1 aliphatic rings. The van der Waals surface area contributed by atoms with Crippen LogP contribution in [-0.2, 0) is 4.74 Å². The van der Waals surface area contributed by atoms with Crippen LogP contribution in [-0.4, -0.2) is 46.7 Å². The normalized spacial score (nSPS) is 14.6. The molecule has 6 nitrogen and oxygen atoms in total. The number of hydrogen-bond acceptors (Lipinski definition) is 5. The highest BCUT2D eigenvalue weighted by Crippen LogP contribution is 2.32. The van der Waals surface area contributed by atoms with Crippen molar-refractivity contribution in [1.29, 1.82) is 0 Å². The van der Waals surface area contributed by atoms with Crippen LogP contribution in [0.15, 0.2) is 17.5 Å². The Morgan fingerprint density at radius 1 is 1.32 bits per heavy atom. The van der Waals surface area contributed by atoms with Gasteiger partial charge in [-0.25, -0.2) is 4.79 Å². The number of H-pyrrole nitrogens is 1. The first kappa shape index (κ1) is 20.3. The van der Waals surface area contributed by atoms with Gasteiger partial charge in [0, 0.05) is 17.8 Å². The van der Waals surface area contributed by atoms with E-state index in [1.54, 1.807) is 38.7 Å². The molecule has 28 heavy (non-hydrogen) atoms. The Hall–Kier alpha value is -2.41. The van der Waals surface area contributed by atoms with Crippen LogP contribution in [0.4, 0.5) is 0 Å². The summed E-state index contributed by atoms with van der Waals surface area (Å²) in [7, 11) is 0. The van der Waals surface area contributed by atoms with Crippen LogP contribution in [0, 0.1) is 19.8 Å². The molecule has 7 heteroatoms. The number of esters is 1. The number of aryl methyl sites for hydroxylation is 1. The molecule has 3 rings (SSSR count). The summed E-state index contributed by atoms with van der Waals surface area (Å²) in [6, 6.07) is 3.01. The molecule has 0 unspecified atom stereocenters. The lowest BCUT2D eigenvalue weighted by molar-refractivity contribution is 0.0519. The molecule has 2 heterocycles. The van der Waals surface area contributed by atoms with Crippen molar-refractivity contribution in [2.75, 3.05) is 13.2 Å². The number of aromatic nitrogens is 1. The number of rotatable bonds is 8. The molecule has 1 N–H and O–H groups in total. The quantitative estimate of drug-likeness (QED) is 0.535. The summed E-state index contributed by atoms with van der Waals surface area (Å²) < 4.78 is 5.07. The molecule has 0 bridgehead atoms. The van der Waals surface area contributed by atoms with Crippen molar-refractivity contribution in [3.63, 3.8) is 0 Å². The van der Waals surface area contributed by atoms with Crippen LogP contribution in [0.5, 0.6) is 0 Å². The van der Waals surface area contributed by atoms with Crippen molar-refractivity contribution < 1.29 is 19.1 Å². The van der Waals surface area contributed by atoms with Crippen LogP contribution in [0.25, 0.3) is 0 Å². The Balaban J connectivity index is 1.89. The molecule has 2 aromatic heterocycles. The predicted molar refractivity (Wildman–Crippen MR) is 108 cm³/mol. The Morgan fingerprint density at radius 3 is 2.61 bits per heavy atom. The van der Waals surface area contributed by atoms with Crippen molar-refractivity contribution in [1.82, 2.24) is 9.88 Å². The van der Waals surface area contributed by atoms with E-state index in [9.17, 15) is 14.4 Å². The third-order valence-electron chi connectivity index (χ3n) is 5.16. The number of aromatic amines is 1. The van der Waals surface area contributed by atoms with E-state index in [0.29, 0.717) is 39.9 Å². The van der Waals surface area contributed by atoms with Crippen molar-refractivity contribution >= 4 is 29.0 Å². The molecular formula is C21H26N2O4S. The maximum Gasteiger partial charge on any atom is 0.355 e. The van der Waals surface area contributed by atoms with E-state index in [-0.39, 0.29) is 18.3 Å². The topological polar surface area (TPSA) is 79.5 Å². The molecule has 1 saturated carbocycles. The molecule has 0 radical (unpaired) electrons. The SMILES string of the molecule is CCOC(=O)c1[nH]c(C)c(C(=O)[C@@H](C)N(CC2CC2)C(=O)c2cccs2)c1C. The van der Waals surface area contributed by atoms with Crippen molar-refractivity contribution in [3.05, 3.63) is 44.9 Å². The first-order valence-electron chi connectivity index (χ1n) is 9.60. The van der Waals surface area contributed by atoms with Crippen LogP contribution in [0.3, 0.4) is 0 Å². The van der Waals surface area contributed by atoms with Gasteiger partial charge in [-0.1, -0.05) is 6.07 Å². The van der Waals surface area contributed by atoms with Gasteiger partial charge in [0.2, 0.25) is 0 Å². The van der Waals surface area contributed by atoms with Crippen LogP contribution >= 0.6 is 11.3 Å². The Morgan fingerprint density at radius 2 is 2.04 bits per heavy atom. The minimum atomic E-state index is -0.613. The minimum absolute atomic E-state index is 0.112. The number of carbonyl (C=O) groups is 3. The Bertz CT molecular complexity index is 881. The van der Waals surface area contributed by atoms with Gasteiger partial charge < -0.3 is 14.6 Å². The highest BCUT2D eigenvalue weighted by Gasteiger charge is 2.35. The smallest absolute Gasteiger partial charge is 0.355 e. The van der Waals surface area contributed by atoms with Crippen LogP contribution in [0.1, 0.15) is 68.5 Å². The fourth-order valence-electron chi connectivity index (χ4n) is 3.41. The number of nitrogens with one attached hydrogen (secondary N) is 1. The predicted octanol–water partition coefficient (Wildman–Crippen LogP) is 3.99. The van der Waals surface area contributed by atoms with Gasteiger partial charge in [0.25, 0.3) is 5.91 Å². The molecule has 0 aliphatic heterocycles. The van der Waals surface area contributed by atoms with Gasteiger partial charge in [-0.2, -0.15) is 0 Å². The number of ketones is 1. The summed E-state index contributed by atoms with van der Waals surface area (Å²) in [6.07, 6.45) is 2.18. The molecule has 2 aromatic rings. The third-order valence-corrected chi connectivity index (χ3v) is 6.01. The summed E-state index contributed by atoms with van der Waals surface area (Å²) in [5.74, 6) is -0.284. The highest BCUT2D eigenvalue weighted by molar-refractivity contribution is 7.12. The largest absolute Gasteiger partial charge is 0.461 e. The fourth-order valence-corrected chi connectivity index (χ4v) is 4.09. The molecule has 1 amide bonds. The summed E-state index contributed by atoms with van der Waals surface area (Å²) in [6.45, 7) is 7.86. The maximum atomic E-state index is 13.3. The van der Waals surface area contributed by atoms with Gasteiger partial charge in [0.05, 0.1) is 17.5 Å². The number of carbonyl (C=O) groups excluding carboxylic acids is 3. The summed E-state index contributed by atoms with van der Waals surface area (Å²) in [5, 5.41) is 1.86. The van der Waals surface area contributed by atoms with E-state index in [1.807, 2.05) is 11.4 Å². The van der Waals surface area contributed by atoms with E-state index in [0.717, 1.165) is 12.8 Å².